The molecule has 6 heteroatoms. The number of thiophene rings is 1. The molecule has 4 nitrogen and oxygen atoms in total. The Balaban J connectivity index is 1.66. The number of rotatable bonds is 7. The first-order valence-corrected chi connectivity index (χ1v) is 8.53. The minimum absolute atomic E-state index is 0.762. The summed E-state index contributed by atoms with van der Waals surface area (Å²) in [7, 11) is 3.86. The number of hydrogen-bond donors (Lipinski definition) is 1. The van der Waals surface area contributed by atoms with E-state index in [-0.39, 0.29) is 0 Å². The van der Waals surface area contributed by atoms with Crippen LogP contribution >= 0.6 is 27.3 Å². The van der Waals surface area contributed by atoms with Gasteiger partial charge in [-0.15, -0.1) is 11.3 Å². The second kappa shape index (κ2) is 8.00. The molecule has 1 fully saturated rings. The van der Waals surface area contributed by atoms with E-state index >= 15 is 0 Å². The third-order valence-corrected chi connectivity index (χ3v) is 4.87. The lowest BCUT2D eigenvalue weighted by atomic mass is 10.4. The molecule has 112 valence electrons. The van der Waals surface area contributed by atoms with E-state index in [1.54, 1.807) is 11.3 Å². The fraction of sp³-hybridized carbons (Fsp3) is 0.643. The number of nitrogens with one attached hydrogen (secondary N) is 1. The van der Waals surface area contributed by atoms with Crippen LogP contribution in [0.15, 0.2) is 20.9 Å². The van der Waals surface area contributed by atoms with Crippen molar-refractivity contribution in [3.05, 3.63) is 20.8 Å². The Morgan fingerprint density at radius 3 is 2.95 bits per heavy atom. The van der Waals surface area contributed by atoms with Crippen LogP contribution in [0, 0.1) is 5.92 Å². The molecular formula is C14H22BrN3OS. The highest BCUT2D eigenvalue weighted by Gasteiger charge is 2.21. The third kappa shape index (κ3) is 5.42. The first kappa shape index (κ1) is 15.8. The fourth-order valence-electron chi connectivity index (χ4n) is 1.84. The molecular weight excluding hydrogens is 338 g/mol. The number of ether oxygens (including phenoxy) is 1. The van der Waals surface area contributed by atoms with E-state index in [9.17, 15) is 0 Å². The maximum Gasteiger partial charge on any atom is 0.193 e. The van der Waals surface area contributed by atoms with Crippen molar-refractivity contribution in [2.24, 2.45) is 10.9 Å². The van der Waals surface area contributed by atoms with E-state index in [2.05, 4.69) is 43.3 Å². The number of hydrogen-bond acceptors (Lipinski definition) is 3. The van der Waals surface area contributed by atoms with Crippen LogP contribution in [-0.4, -0.2) is 44.7 Å². The lowest BCUT2D eigenvalue weighted by molar-refractivity contribution is 0.115. The number of aliphatic imine (C=N–C) groups is 1. The van der Waals surface area contributed by atoms with E-state index in [1.807, 2.05) is 14.1 Å². The Morgan fingerprint density at radius 1 is 1.55 bits per heavy atom. The summed E-state index contributed by atoms with van der Waals surface area (Å²) >= 11 is 5.22. The minimum atomic E-state index is 0.762. The summed E-state index contributed by atoms with van der Waals surface area (Å²) in [4.78, 5) is 7.70. The van der Waals surface area contributed by atoms with Crippen LogP contribution in [0.4, 0.5) is 0 Å². The van der Waals surface area contributed by atoms with Gasteiger partial charge in [-0.05, 0) is 46.8 Å². The van der Waals surface area contributed by atoms with Crippen LogP contribution in [0.3, 0.4) is 0 Å². The van der Waals surface area contributed by atoms with Gasteiger partial charge in [-0.1, -0.05) is 0 Å². The zero-order valence-corrected chi connectivity index (χ0v) is 14.5. The summed E-state index contributed by atoms with van der Waals surface area (Å²) < 4.78 is 6.82. The van der Waals surface area contributed by atoms with Crippen molar-refractivity contribution in [2.45, 2.75) is 19.4 Å². The van der Waals surface area contributed by atoms with Crippen molar-refractivity contribution in [3.63, 3.8) is 0 Å². The van der Waals surface area contributed by atoms with Crippen LogP contribution in [0.25, 0.3) is 0 Å². The second-order valence-corrected chi connectivity index (χ2v) is 7.59. The van der Waals surface area contributed by atoms with Crippen LogP contribution in [0.2, 0.25) is 0 Å². The first-order valence-electron chi connectivity index (χ1n) is 6.92. The summed E-state index contributed by atoms with van der Waals surface area (Å²) in [5, 5.41) is 3.37. The van der Waals surface area contributed by atoms with Gasteiger partial charge in [-0.2, -0.15) is 0 Å². The Labute approximate surface area is 133 Å². The zero-order chi connectivity index (χ0) is 14.4. The van der Waals surface area contributed by atoms with Gasteiger partial charge >= 0.3 is 0 Å². The third-order valence-electron chi connectivity index (χ3n) is 3.24. The highest BCUT2D eigenvalue weighted by atomic mass is 79.9. The molecule has 1 aliphatic rings. The maximum atomic E-state index is 5.66. The number of guanidine groups is 1. The van der Waals surface area contributed by atoms with Crippen molar-refractivity contribution in [3.8, 4) is 0 Å². The molecule has 0 unspecified atom stereocenters. The molecule has 1 saturated carbocycles. The Bertz CT molecular complexity index is 445. The van der Waals surface area contributed by atoms with Crippen LogP contribution in [-0.2, 0) is 11.3 Å². The van der Waals surface area contributed by atoms with E-state index in [0.717, 1.165) is 42.0 Å². The molecule has 0 atom stereocenters. The van der Waals surface area contributed by atoms with Crippen molar-refractivity contribution >= 4 is 33.2 Å². The van der Waals surface area contributed by atoms with Crippen molar-refractivity contribution in [1.29, 1.82) is 0 Å². The summed E-state index contributed by atoms with van der Waals surface area (Å²) in [5.74, 6) is 1.74. The van der Waals surface area contributed by atoms with Gasteiger partial charge < -0.3 is 15.0 Å². The molecule has 0 bridgehead atoms. The topological polar surface area (TPSA) is 36.9 Å². The number of halogens is 1. The van der Waals surface area contributed by atoms with Gasteiger partial charge in [0.1, 0.15) is 0 Å². The van der Waals surface area contributed by atoms with Crippen molar-refractivity contribution in [2.75, 3.05) is 33.9 Å². The van der Waals surface area contributed by atoms with Gasteiger partial charge in [0.25, 0.3) is 0 Å². The second-order valence-electron chi connectivity index (χ2n) is 5.05. The predicted octanol–water partition coefficient (Wildman–Crippen LogP) is 2.94. The van der Waals surface area contributed by atoms with Gasteiger partial charge in [0.2, 0.25) is 0 Å². The molecule has 20 heavy (non-hydrogen) atoms. The summed E-state index contributed by atoms with van der Waals surface area (Å²) in [5.41, 5.74) is 0. The first-order chi connectivity index (χ1) is 9.69. The average Bonchev–Trinajstić information content (AvgIpc) is 3.17. The normalized spacial score (nSPS) is 15.4. The van der Waals surface area contributed by atoms with Crippen LogP contribution < -0.4 is 5.32 Å². The molecule has 0 aromatic carbocycles. The number of likely N-dealkylation sites (N-methyl/N-ethyl adjacent to an activating group) is 1. The maximum absolute atomic E-state index is 5.66. The molecule has 1 aromatic rings. The fourth-order valence-corrected chi connectivity index (χ4v) is 3.26. The lowest BCUT2D eigenvalue weighted by Crippen LogP contribution is -2.40. The molecule has 1 N–H and O–H groups in total. The SMILES string of the molecule is CN=C(NCc1ccc(Br)s1)N(C)CCOCC1CC1. The van der Waals surface area contributed by atoms with E-state index in [1.165, 1.54) is 17.7 Å². The highest BCUT2D eigenvalue weighted by molar-refractivity contribution is 9.11. The minimum Gasteiger partial charge on any atom is -0.379 e. The van der Waals surface area contributed by atoms with Crippen molar-refractivity contribution < 1.29 is 4.74 Å². The monoisotopic (exact) mass is 359 g/mol. The Morgan fingerprint density at radius 2 is 2.35 bits per heavy atom. The van der Waals surface area contributed by atoms with Crippen LogP contribution in [0.5, 0.6) is 0 Å². The molecule has 0 saturated heterocycles. The van der Waals surface area contributed by atoms with E-state index in [0.29, 0.717) is 0 Å². The molecule has 1 heterocycles. The predicted molar refractivity (Wildman–Crippen MR) is 88.4 cm³/mol. The van der Waals surface area contributed by atoms with Gasteiger partial charge in [0, 0.05) is 32.1 Å². The zero-order valence-electron chi connectivity index (χ0n) is 12.1. The van der Waals surface area contributed by atoms with Crippen LogP contribution in [0.1, 0.15) is 17.7 Å². The van der Waals surface area contributed by atoms with Gasteiger partial charge in [0.05, 0.1) is 16.9 Å². The summed E-state index contributed by atoms with van der Waals surface area (Å²) in [6, 6.07) is 4.19. The molecule has 0 radical (unpaired) electrons. The number of nitrogens with zero attached hydrogens (tertiary/aromatic N) is 2. The quantitative estimate of drug-likeness (QED) is 0.462. The summed E-state index contributed by atoms with van der Waals surface area (Å²) in [6.45, 7) is 3.35. The lowest BCUT2D eigenvalue weighted by Gasteiger charge is -2.21. The summed E-state index contributed by atoms with van der Waals surface area (Å²) in [6.07, 6.45) is 2.69. The highest BCUT2D eigenvalue weighted by Crippen LogP contribution is 2.28. The van der Waals surface area contributed by atoms with Gasteiger partial charge in [0.15, 0.2) is 5.96 Å². The van der Waals surface area contributed by atoms with Gasteiger partial charge in [-0.3, -0.25) is 4.99 Å². The average molecular weight is 360 g/mol. The van der Waals surface area contributed by atoms with Crippen molar-refractivity contribution in [1.82, 2.24) is 10.2 Å². The molecule has 2 rings (SSSR count). The standard InChI is InChI=1S/C14H22BrN3OS/c1-16-14(17-9-12-5-6-13(15)20-12)18(2)7-8-19-10-11-3-4-11/h5-6,11H,3-4,7-10H2,1-2H3,(H,16,17). The molecule has 1 aromatic heterocycles. The van der Waals surface area contributed by atoms with E-state index < -0.39 is 0 Å². The molecule has 0 aliphatic heterocycles. The molecule has 1 aliphatic carbocycles. The molecule has 0 amide bonds. The van der Waals surface area contributed by atoms with Gasteiger partial charge in [-0.25, -0.2) is 0 Å². The smallest absolute Gasteiger partial charge is 0.193 e. The Hall–Kier alpha value is -0.590. The largest absolute Gasteiger partial charge is 0.379 e. The Kier molecular flexibility index (Phi) is 6.32. The molecule has 0 spiro atoms. The van der Waals surface area contributed by atoms with E-state index in [4.69, 9.17) is 4.74 Å².